The maximum atomic E-state index is 5.44. The smallest absolute Gasteiger partial charge is 0.236 e. The minimum atomic E-state index is 0.677. The van der Waals surface area contributed by atoms with Crippen LogP contribution in [0.15, 0.2) is 182 Å². The Morgan fingerprint density at radius 2 is 0.945 bits per heavy atom. The van der Waals surface area contributed by atoms with Crippen molar-refractivity contribution in [3.05, 3.63) is 182 Å². The first-order valence-corrected chi connectivity index (χ1v) is 19.4. The zero-order valence-electron chi connectivity index (χ0n) is 29.5. The van der Waals surface area contributed by atoms with Gasteiger partial charge in [-0.05, 0) is 70.4 Å². The quantitative estimate of drug-likeness (QED) is 0.182. The Labute approximate surface area is 319 Å². The van der Waals surface area contributed by atoms with Crippen molar-refractivity contribution in [3.8, 4) is 34.0 Å². The van der Waals surface area contributed by atoms with E-state index in [1.807, 2.05) is 0 Å². The summed E-state index contributed by atoms with van der Waals surface area (Å²) < 4.78 is 5.86. The van der Waals surface area contributed by atoms with E-state index < -0.39 is 0 Å². The third kappa shape index (κ3) is 4.51. The Hall–Kier alpha value is -7.08. The zero-order chi connectivity index (χ0) is 36.0. The highest BCUT2D eigenvalue weighted by molar-refractivity contribution is 7.26. The number of hydrogen-bond acceptors (Lipinski definition) is 3. The molecule has 8 aromatic carbocycles. The number of rotatable bonds is 4. The number of hydrogen-bond donors (Lipinski definition) is 0. The van der Waals surface area contributed by atoms with Gasteiger partial charge in [-0.25, -0.2) is 9.97 Å². The Morgan fingerprint density at radius 3 is 1.65 bits per heavy atom. The van der Waals surface area contributed by atoms with Gasteiger partial charge in [-0.15, -0.1) is 11.3 Å². The topological polar surface area (TPSA) is 35.6 Å². The van der Waals surface area contributed by atoms with E-state index in [0.717, 1.165) is 38.2 Å². The molecule has 0 spiro atoms. The van der Waals surface area contributed by atoms with Crippen LogP contribution in [0.4, 0.5) is 0 Å². The number of aromatic nitrogens is 4. The van der Waals surface area contributed by atoms with Gasteiger partial charge in [0.25, 0.3) is 0 Å². The second kappa shape index (κ2) is 11.7. The summed E-state index contributed by atoms with van der Waals surface area (Å²) in [7, 11) is 0. The van der Waals surface area contributed by atoms with Gasteiger partial charge >= 0.3 is 0 Å². The van der Waals surface area contributed by atoms with Crippen LogP contribution in [0.5, 0.6) is 0 Å². The average molecular weight is 719 g/mol. The van der Waals surface area contributed by atoms with Crippen LogP contribution in [-0.4, -0.2) is 19.1 Å². The van der Waals surface area contributed by atoms with Crippen molar-refractivity contribution in [3.63, 3.8) is 0 Å². The van der Waals surface area contributed by atoms with Crippen LogP contribution in [0.3, 0.4) is 0 Å². The van der Waals surface area contributed by atoms with Crippen molar-refractivity contribution in [2.75, 3.05) is 0 Å². The number of fused-ring (bicyclic) bond motifs is 11. The molecule has 0 radical (unpaired) electrons. The second-order valence-electron chi connectivity index (χ2n) is 14.2. The molecule has 4 heterocycles. The first-order valence-electron chi connectivity index (χ1n) is 18.6. The summed E-state index contributed by atoms with van der Waals surface area (Å²) >= 11 is 1.76. The molecule has 0 fully saturated rings. The summed E-state index contributed by atoms with van der Waals surface area (Å²) in [4.78, 5) is 11.8. The summed E-state index contributed by atoms with van der Waals surface area (Å²) in [6.45, 7) is 0. The summed E-state index contributed by atoms with van der Waals surface area (Å²) in [6.07, 6.45) is 0. The number of nitrogens with zero attached hydrogens (tertiary/aromatic N) is 4. The lowest BCUT2D eigenvalue weighted by atomic mass is 10.0. The van der Waals surface area contributed by atoms with Crippen LogP contribution in [0.2, 0.25) is 0 Å². The molecule has 5 heteroatoms. The third-order valence-electron chi connectivity index (χ3n) is 11.2. The normalized spacial score (nSPS) is 12.0. The minimum absolute atomic E-state index is 0.677. The maximum absolute atomic E-state index is 5.44. The molecule has 0 unspecified atom stereocenters. The van der Waals surface area contributed by atoms with Crippen LogP contribution in [-0.2, 0) is 0 Å². The van der Waals surface area contributed by atoms with Gasteiger partial charge < -0.3 is 4.57 Å². The first-order chi connectivity index (χ1) is 27.3. The van der Waals surface area contributed by atoms with E-state index in [1.165, 1.54) is 64.6 Å². The summed E-state index contributed by atoms with van der Waals surface area (Å²) in [6, 6.07) is 65.3. The molecule has 0 bridgehead atoms. The van der Waals surface area contributed by atoms with Crippen molar-refractivity contribution in [2.24, 2.45) is 0 Å². The highest BCUT2D eigenvalue weighted by atomic mass is 32.1. The monoisotopic (exact) mass is 718 g/mol. The van der Waals surface area contributed by atoms with Crippen molar-refractivity contribution in [1.29, 1.82) is 0 Å². The Bertz CT molecular complexity index is 3480. The molecule has 12 rings (SSSR count). The van der Waals surface area contributed by atoms with Gasteiger partial charge in [-0.1, -0.05) is 133 Å². The molecule has 0 saturated carbocycles. The van der Waals surface area contributed by atoms with Crippen molar-refractivity contribution >= 4 is 86.0 Å². The summed E-state index contributed by atoms with van der Waals surface area (Å²) in [5.41, 5.74) is 10.1. The fraction of sp³-hybridized carbons (Fsp3) is 0. The van der Waals surface area contributed by atoms with Crippen LogP contribution in [0.25, 0.3) is 109 Å². The molecular formula is C50H30N4S. The molecule has 0 saturated heterocycles. The predicted octanol–water partition coefficient (Wildman–Crippen LogP) is 13.5. The van der Waals surface area contributed by atoms with Gasteiger partial charge in [-0.3, -0.25) is 4.57 Å². The number of para-hydroxylation sites is 3. The number of thiophene rings is 1. The van der Waals surface area contributed by atoms with Crippen LogP contribution in [0.1, 0.15) is 0 Å². The second-order valence-corrected chi connectivity index (χ2v) is 15.2. The standard InChI is InChI=1S/C50H30N4S/c1-3-14-32(15-4-1)47-46-39-26-23-31-13-7-8-18-36(31)48(39)55-49(46)52-50(51-47)54-43-22-12-10-20-38(43)41-30-34(25-28-45(41)54)33-24-27-44-40(29-33)37-19-9-11-21-42(37)53(44)35-16-5-2-6-17-35/h1-30H. The third-order valence-corrected chi connectivity index (χ3v) is 12.3. The molecule has 0 aliphatic heterocycles. The molecule has 0 atom stereocenters. The Kier molecular flexibility index (Phi) is 6.47. The van der Waals surface area contributed by atoms with Gasteiger partial charge in [0.15, 0.2) is 0 Å². The van der Waals surface area contributed by atoms with Gasteiger partial charge in [0.05, 0.1) is 27.8 Å². The lowest BCUT2D eigenvalue weighted by Crippen LogP contribution is -2.02. The number of benzene rings is 8. The van der Waals surface area contributed by atoms with Crippen molar-refractivity contribution < 1.29 is 0 Å². The Balaban J connectivity index is 1.08. The molecule has 12 aromatic rings. The molecule has 4 nitrogen and oxygen atoms in total. The van der Waals surface area contributed by atoms with Crippen molar-refractivity contribution in [1.82, 2.24) is 19.1 Å². The SMILES string of the molecule is c1ccc(-c2nc(-n3c4ccccc4c4cc(-c5ccc6c(c5)c5ccccc5n6-c5ccccc5)ccc43)nc3sc4c5ccccc5ccc4c23)cc1. The van der Waals surface area contributed by atoms with E-state index in [2.05, 4.69) is 191 Å². The van der Waals surface area contributed by atoms with Gasteiger partial charge in [0, 0.05) is 48.3 Å². The molecule has 0 aliphatic rings. The molecular weight excluding hydrogens is 689 g/mol. The highest BCUT2D eigenvalue weighted by Gasteiger charge is 2.21. The average Bonchev–Trinajstić information content (AvgIpc) is 3.91. The molecule has 256 valence electrons. The van der Waals surface area contributed by atoms with Gasteiger partial charge in [0.2, 0.25) is 5.95 Å². The first kappa shape index (κ1) is 30.4. The fourth-order valence-electron chi connectivity index (χ4n) is 8.67. The van der Waals surface area contributed by atoms with E-state index >= 15 is 0 Å². The maximum Gasteiger partial charge on any atom is 0.236 e. The lowest BCUT2D eigenvalue weighted by molar-refractivity contribution is 1.02. The lowest BCUT2D eigenvalue weighted by Gasteiger charge is -2.11. The highest BCUT2D eigenvalue weighted by Crippen LogP contribution is 2.43. The summed E-state index contributed by atoms with van der Waals surface area (Å²) in [5, 5.41) is 9.61. The van der Waals surface area contributed by atoms with Crippen LogP contribution >= 0.6 is 11.3 Å². The van der Waals surface area contributed by atoms with Gasteiger partial charge in [-0.2, -0.15) is 0 Å². The van der Waals surface area contributed by atoms with Crippen molar-refractivity contribution in [2.45, 2.75) is 0 Å². The van der Waals surface area contributed by atoms with Gasteiger partial charge in [0.1, 0.15) is 4.83 Å². The zero-order valence-corrected chi connectivity index (χ0v) is 30.3. The Morgan fingerprint density at radius 1 is 0.382 bits per heavy atom. The van der Waals surface area contributed by atoms with Crippen LogP contribution in [0, 0.1) is 0 Å². The van der Waals surface area contributed by atoms with E-state index in [9.17, 15) is 0 Å². The molecule has 0 N–H and O–H groups in total. The van der Waals surface area contributed by atoms with E-state index in [1.54, 1.807) is 11.3 Å². The fourth-order valence-corrected chi connectivity index (χ4v) is 9.88. The predicted molar refractivity (Wildman–Crippen MR) is 232 cm³/mol. The summed E-state index contributed by atoms with van der Waals surface area (Å²) in [5.74, 6) is 0.677. The molecule has 0 amide bonds. The molecule has 0 aliphatic carbocycles. The van der Waals surface area contributed by atoms with E-state index in [-0.39, 0.29) is 0 Å². The molecule has 4 aromatic heterocycles. The van der Waals surface area contributed by atoms with E-state index in [0.29, 0.717) is 5.95 Å². The molecule has 55 heavy (non-hydrogen) atoms. The largest absolute Gasteiger partial charge is 0.309 e. The van der Waals surface area contributed by atoms with Crippen LogP contribution < -0.4 is 0 Å². The minimum Gasteiger partial charge on any atom is -0.309 e. The van der Waals surface area contributed by atoms with E-state index in [4.69, 9.17) is 9.97 Å².